The van der Waals surface area contributed by atoms with E-state index in [0.29, 0.717) is 33.6 Å². The molecule has 0 fully saturated rings. The third-order valence-electron chi connectivity index (χ3n) is 6.88. The Morgan fingerprint density at radius 2 is 1.43 bits per heavy atom. The van der Waals surface area contributed by atoms with Crippen molar-refractivity contribution in [1.82, 2.24) is 10.2 Å². The summed E-state index contributed by atoms with van der Waals surface area (Å²) in [7, 11) is -4.20. The minimum absolute atomic E-state index is 0.0142. The summed E-state index contributed by atoms with van der Waals surface area (Å²) in [4.78, 5) is 29.5. The number of nitrogens with zero attached hydrogens (tertiary/aromatic N) is 2. The topological polar surface area (TPSA) is 86.8 Å². The molecule has 2 amide bonds. The summed E-state index contributed by atoms with van der Waals surface area (Å²) in [6.07, 6.45) is 0.903. The fraction of sp³-hybridized carbons (Fsp3) is 0.212. The molecular weight excluding hydrogens is 641 g/mol. The number of hydrogen-bond donors (Lipinski definition) is 1. The Labute approximate surface area is 273 Å². The highest BCUT2D eigenvalue weighted by molar-refractivity contribution is 7.92. The van der Waals surface area contributed by atoms with Gasteiger partial charge < -0.3 is 10.2 Å². The zero-order valence-corrected chi connectivity index (χ0v) is 27.1. The van der Waals surface area contributed by atoms with Crippen LogP contribution in [-0.4, -0.2) is 44.3 Å². The van der Waals surface area contributed by atoms with Crippen LogP contribution in [0, 0.1) is 0 Å². The van der Waals surface area contributed by atoms with Gasteiger partial charge in [-0.2, -0.15) is 0 Å². The highest BCUT2D eigenvalue weighted by Gasteiger charge is 2.34. The largest absolute Gasteiger partial charge is 0.354 e. The van der Waals surface area contributed by atoms with Gasteiger partial charge in [-0.05, 0) is 66.1 Å². The minimum atomic E-state index is -4.20. The van der Waals surface area contributed by atoms with Crippen LogP contribution in [0.25, 0.3) is 0 Å². The van der Waals surface area contributed by atoms with Gasteiger partial charge in [0.1, 0.15) is 12.6 Å². The molecular formula is C33H32Cl3N3O4S. The predicted molar refractivity (Wildman–Crippen MR) is 177 cm³/mol. The van der Waals surface area contributed by atoms with Crippen LogP contribution in [0.4, 0.5) is 5.69 Å². The molecule has 44 heavy (non-hydrogen) atoms. The minimum Gasteiger partial charge on any atom is -0.354 e. The number of anilines is 1. The fourth-order valence-electron chi connectivity index (χ4n) is 4.61. The van der Waals surface area contributed by atoms with Crippen LogP contribution in [0.2, 0.25) is 15.1 Å². The van der Waals surface area contributed by atoms with E-state index in [1.165, 1.54) is 29.2 Å². The van der Waals surface area contributed by atoms with E-state index in [1.54, 1.807) is 48.5 Å². The van der Waals surface area contributed by atoms with Crippen molar-refractivity contribution in [3.63, 3.8) is 0 Å². The molecule has 0 radical (unpaired) electrons. The van der Waals surface area contributed by atoms with Gasteiger partial charge in [-0.3, -0.25) is 13.9 Å². The van der Waals surface area contributed by atoms with Gasteiger partial charge in [-0.15, -0.1) is 0 Å². The molecule has 4 aromatic rings. The summed E-state index contributed by atoms with van der Waals surface area (Å²) >= 11 is 18.6. The van der Waals surface area contributed by atoms with Crippen LogP contribution in [0.5, 0.6) is 0 Å². The molecule has 0 saturated carbocycles. The average Bonchev–Trinajstić information content (AvgIpc) is 3.03. The quantitative estimate of drug-likeness (QED) is 0.166. The van der Waals surface area contributed by atoms with E-state index in [1.807, 2.05) is 37.3 Å². The number of nitrogens with one attached hydrogen (secondary N) is 1. The van der Waals surface area contributed by atoms with Gasteiger partial charge in [0.2, 0.25) is 11.8 Å². The van der Waals surface area contributed by atoms with Gasteiger partial charge >= 0.3 is 0 Å². The van der Waals surface area contributed by atoms with Crippen LogP contribution in [-0.2, 0) is 32.6 Å². The van der Waals surface area contributed by atoms with Gasteiger partial charge in [-0.25, -0.2) is 8.42 Å². The lowest BCUT2D eigenvalue weighted by Gasteiger charge is -2.34. The van der Waals surface area contributed by atoms with E-state index in [2.05, 4.69) is 5.32 Å². The molecule has 1 N–H and O–H groups in total. The summed E-state index contributed by atoms with van der Waals surface area (Å²) in [6.45, 7) is 1.75. The van der Waals surface area contributed by atoms with Gasteiger partial charge in [0.15, 0.2) is 0 Å². The van der Waals surface area contributed by atoms with Crippen molar-refractivity contribution in [2.75, 3.05) is 17.4 Å². The van der Waals surface area contributed by atoms with Crippen LogP contribution in [0.1, 0.15) is 24.5 Å². The molecule has 230 valence electrons. The van der Waals surface area contributed by atoms with Crippen LogP contribution in [0.3, 0.4) is 0 Å². The number of hydrogen-bond acceptors (Lipinski definition) is 4. The molecule has 11 heteroatoms. The second kappa shape index (κ2) is 15.4. The summed E-state index contributed by atoms with van der Waals surface area (Å²) in [6, 6.07) is 27.4. The Hall–Kier alpha value is -3.56. The molecule has 0 heterocycles. The van der Waals surface area contributed by atoms with Gasteiger partial charge in [-0.1, -0.05) is 96.3 Å². The van der Waals surface area contributed by atoms with E-state index in [9.17, 15) is 18.0 Å². The first-order valence-corrected chi connectivity index (χ1v) is 16.6. The highest BCUT2D eigenvalue weighted by atomic mass is 35.5. The Balaban J connectivity index is 1.80. The van der Waals surface area contributed by atoms with Gasteiger partial charge in [0, 0.05) is 24.5 Å². The van der Waals surface area contributed by atoms with Crippen LogP contribution in [0.15, 0.2) is 108 Å². The summed E-state index contributed by atoms with van der Waals surface area (Å²) in [5, 5.41) is 3.96. The molecule has 0 aliphatic carbocycles. The van der Waals surface area contributed by atoms with Gasteiger partial charge in [0.25, 0.3) is 10.0 Å². The maximum absolute atomic E-state index is 14.4. The molecule has 0 saturated heterocycles. The number of sulfonamides is 1. The smallest absolute Gasteiger partial charge is 0.264 e. The number of carbonyl (C=O) groups excluding carboxylic acids is 2. The second-order valence-electron chi connectivity index (χ2n) is 10.1. The predicted octanol–water partition coefficient (Wildman–Crippen LogP) is 7.01. The Bertz CT molecular complexity index is 1670. The molecule has 0 aromatic heterocycles. The van der Waals surface area contributed by atoms with E-state index in [4.69, 9.17) is 34.8 Å². The van der Waals surface area contributed by atoms with Crippen molar-refractivity contribution in [3.8, 4) is 0 Å². The lowest BCUT2D eigenvalue weighted by molar-refractivity contribution is -0.140. The van der Waals surface area contributed by atoms with Crippen molar-refractivity contribution in [1.29, 1.82) is 0 Å². The molecule has 1 atom stereocenters. The third-order valence-corrected chi connectivity index (χ3v) is 9.66. The normalized spacial score (nSPS) is 11.9. The third kappa shape index (κ3) is 8.54. The molecule has 4 aromatic carbocycles. The summed E-state index contributed by atoms with van der Waals surface area (Å²) < 4.78 is 29.0. The fourth-order valence-corrected chi connectivity index (χ4v) is 6.49. The van der Waals surface area contributed by atoms with Crippen LogP contribution >= 0.6 is 34.8 Å². The van der Waals surface area contributed by atoms with E-state index >= 15 is 0 Å². The first-order chi connectivity index (χ1) is 21.1. The number of halogens is 3. The van der Waals surface area contributed by atoms with Crippen molar-refractivity contribution >= 4 is 62.3 Å². The Morgan fingerprint density at radius 1 is 0.795 bits per heavy atom. The maximum Gasteiger partial charge on any atom is 0.264 e. The molecule has 0 aliphatic rings. The van der Waals surface area contributed by atoms with Crippen molar-refractivity contribution in [2.45, 2.75) is 37.2 Å². The van der Waals surface area contributed by atoms with E-state index in [-0.39, 0.29) is 29.5 Å². The monoisotopic (exact) mass is 671 g/mol. The lowest BCUT2D eigenvalue weighted by Crippen LogP contribution is -2.53. The lowest BCUT2D eigenvalue weighted by atomic mass is 10.0. The maximum atomic E-state index is 14.4. The zero-order valence-electron chi connectivity index (χ0n) is 24.0. The molecule has 7 nitrogen and oxygen atoms in total. The number of carbonyl (C=O) groups is 2. The number of benzene rings is 4. The van der Waals surface area contributed by atoms with E-state index in [0.717, 1.165) is 9.87 Å². The molecule has 0 aliphatic heterocycles. The standard InChI is InChI=1S/C33H32Cl3N3O4S/c1-2-19-37-33(41)31(21-24-9-5-3-6-10-24)38(22-25-13-18-29(35)30(36)20-25)32(40)23-39(27-16-14-26(34)15-17-27)44(42,43)28-11-7-4-8-12-28/h3-18,20,31H,2,19,21-23H2,1H3,(H,37,41)/t31-/m0/s1. The zero-order chi connectivity index (χ0) is 31.7. The van der Waals surface area contributed by atoms with Crippen molar-refractivity contribution in [2.24, 2.45) is 0 Å². The SMILES string of the molecule is CCCNC(=O)[C@H](Cc1ccccc1)N(Cc1ccc(Cl)c(Cl)c1)C(=O)CN(c1ccc(Cl)cc1)S(=O)(=O)c1ccccc1. The average molecular weight is 673 g/mol. The second-order valence-corrected chi connectivity index (χ2v) is 13.2. The number of rotatable bonds is 13. The Morgan fingerprint density at radius 3 is 2.05 bits per heavy atom. The molecule has 0 bridgehead atoms. The van der Waals surface area contributed by atoms with Crippen molar-refractivity contribution in [3.05, 3.63) is 129 Å². The molecule has 0 unspecified atom stereocenters. The first-order valence-electron chi connectivity index (χ1n) is 14.0. The Kier molecular flexibility index (Phi) is 11.7. The molecule has 0 spiro atoms. The van der Waals surface area contributed by atoms with E-state index < -0.39 is 28.5 Å². The molecule has 4 rings (SSSR count). The van der Waals surface area contributed by atoms with Gasteiger partial charge in [0.05, 0.1) is 20.6 Å². The van der Waals surface area contributed by atoms with Crippen LogP contribution < -0.4 is 9.62 Å². The summed E-state index contributed by atoms with van der Waals surface area (Å²) in [5.74, 6) is -0.939. The first kappa shape index (κ1) is 33.3. The summed E-state index contributed by atoms with van der Waals surface area (Å²) in [5.41, 5.74) is 1.71. The van der Waals surface area contributed by atoms with Crippen molar-refractivity contribution < 1.29 is 18.0 Å². The number of amides is 2. The highest BCUT2D eigenvalue weighted by Crippen LogP contribution is 2.27.